The van der Waals surface area contributed by atoms with Crippen LogP contribution in [0.1, 0.15) is 39.0 Å². The second-order valence-corrected chi connectivity index (χ2v) is 8.69. The minimum atomic E-state index is 0.109. The zero-order valence-electron chi connectivity index (χ0n) is 12.3. The number of nitrogens with one attached hydrogen (secondary N) is 1. The Morgan fingerprint density at radius 3 is 2.48 bits per heavy atom. The molecule has 0 spiro atoms. The summed E-state index contributed by atoms with van der Waals surface area (Å²) in [6, 6.07) is 0.378. The molecule has 1 amide bonds. The van der Waals surface area contributed by atoms with Crippen molar-refractivity contribution in [3.05, 3.63) is 12.2 Å². The molecule has 1 saturated carbocycles. The summed E-state index contributed by atoms with van der Waals surface area (Å²) in [7, 11) is 0. The first-order valence-electron chi connectivity index (χ1n) is 7.16. The molecule has 7 heteroatoms. The van der Waals surface area contributed by atoms with E-state index in [4.69, 9.17) is 0 Å². The van der Waals surface area contributed by atoms with Crippen molar-refractivity contribution >= 4 is 40.8 Å². The topological polar surface area (TPSA) is 54.9 Å². The van der Waals surface area contributed by atoms with Crippen LogP contribution in [0.4, 0.5) is 0 Å². The lowest BCUT2D eigenvalue weighted by Crippen LogP contribution is -2.37. The van der Waals surface area contributed by atoms with Crippen molar-refractivity contribution < 1.29 is 4.79 Å². The van der Waals surface area contributed by atoms with Gasteiger partial charge in [-0.1, -0.05) is 66.3 Å². The Balaban J connectivity index is 1.69. The molecule has 1 N–H and O–H groups in total. The lowest BCUT2D eigenvalue weighted by Gasteiger charge is -2.22. The Hall–Kier alpha value is -0.530. The third-order valence-corrected chi connectivity index (χ3v) is 6.55. The number of rotatable bonds is 7. The predicted octanol–water partition coefficient (Wildman–Crippen LogP) is 3.75. The van der Waals surface area contributed by atoms with E-state index in [1.807, 2.05) is 6.92 Å². The third-order valence-electron chi connectivity index (χ3n) is 3.13. The molecule has 1 aromatic heterocycles. The van der Waals surface area contributed by atoms with E-state index in [1.54, 1.807) is 23.1 Å². The van der Waals surface area contributed by atoms with Crippen molar-refractivity contribution in [2.24, 2.45) is 0 Å². The second-order valence-electron chi connectivity index (χ2n) is 5.27. The molecular formula is C14H21N3OS3. The van der Waals surface area contributed by atoms with Gasteiger partial charge in [-0.25, -0.2) is 0 Å². The van der Waals surface area contributed by atoms with Gasteiger partial charge in [0.15, 0.2) is 8.68 Å². The molecule has 0 bridgehead atoms. The van der Waals surface area contributed by atoms with E-state index in [0.29, 0.717) is 11.8 Å². The fourth-order valence-electron chi connectivity index (χ4n) is 2.14. The van der Waals surface area contributed by atoms with E-state index < -0.39 is 0 Å². The molecule has 0 atom stereocenters. The summed E-state index contributed by atoms with van der Waals surface area (Å²) in [5.74, 6) is 1.40. The van der Waals surface area contributed by atoms with E-state index in [1.165, 1.54) is 31.0 Å². The summed E-state index contributed by atoms with van der Waals surface area (Å²) >= 11 is 4.66. The average Bonchev–Trinajstić information content (AvgIpc) is 2.92. The van der Waals surface area contributed by atoms with Gasteiger partial charge in [0, 0.05) is 11.8 Å². The van der Waals surface area contributed by atoms with Gasteiger partial charge >= 0.3 is 0 Å². The fraction of sp³-hybridized carbons (Fsp3) is 0.643. The van der Waals surface area contributed by atoms with Crippen LogP contribution < -0.4 is 5.32 Å². The predicted molar refractivity (Wildman–Crippen MR) is 91.2 cm³/mol. The summed E-state index contributed by atoms with van der Waals surface area (Å²) in [5.41, 5.74) is 1.12. The molecule has 1 heterocycles. The number of nitrogens with zero attached hydrogens (tertiary/aromatic N) is 2. The summed E-state index contributed by atoms with van der Waals surface area (Å²) < 4.78 is 1.80. The maximum atomic E-state index is 11.9. The summed E-state index contributed by atoms with van der Waals surface area (Å²) in [4.78, 5) is 11.9. The Bertz CT molecular complexity index is 484. The molecule has 0 aromatic carbocycles. The van der Waals surface area contributed by atoms with Crippen molar-refractivity contribution in [3.63, 3.8) is 0 Å². The van der Waals surface area contributed by atoms with Gasteiger partial charge in [0.2, 0.25) is 5.91 Å². The van der Waals surface area contributed by atoms with Crippen molar-refractivity contribution in [2.75, 3.05) is 11.5 Å². The van der Waals surface area contributed by atoms with Crippen LogP contribution in [0.3, 0.4) is 0 Å². The maximum absolute atomic E-state index is 11.9. The quantitative estimate of drug-likeness (QED) is 0.603. The van der Waals surface area contributed by atoms with Gasteiger partial charge in [0.1, 0.15) is 0 Å². The van der Waals surface area contributed by atoms with E-state index in [2.05, 4.69) is 22.1 Å². The Morgan fingerprint density at radius 2 is 1.86 bits per heavy atom. The third kappa shape index (κ3) is 6.40. The lowest BCUT2D eigenvalue weighted by atomic mass is 9.95. The van der Waals surface area contributed by atoms with Crippen LogP contribution in [-0.4, -0.2) is 33.7 Å². The number of amides is 1. The minimum Gasteiger partial charge on any atom is -0.353 e. The van der Waals surface area contributed by atoms with Gasteiger partial charge in [0.05, 0.1) is 5.75 Å². The molecule has 21 heavy (non-hydrogen) atoms. The number of hydrogen-bond donors (Lipinski definition) is 1. The van der Waals surface area contributed by atoms with Crippen molar-refractivity contribution in [3.8, 4) is 0 Å². The van der Waals surface area contributed by atoms with Crippen LogP contribution >= 0.6 is 34.9 Å². The van der Waals surface area contributed by atoms with E-state index in [9.17, 15) is 4.79 Å². The monoisotopic (exact) mass is 343 g/mol. The van der Waals surface area contributed by atoms with Crippen LogP contribution in [0.2, 0.25) is 0 Å². The van der Waals surface area contributed by atoms with Gasteiger partial charge in [-0.05, 0) is 19.8 Å². The molecule has 0 aliphatic heterocycles. The lowest BCUT2D eigenvalue weighted by molar-refractivity contribution is -0.119. The highest BCUT2D eigenvalue weighted by atomic mass is 32.2. The molecule has 0 radical (unpaired) electrons. The summed E-state index contributed by atoms with van der Waals surface area (Å²) in [6.45, 7) is 5.87. The van der Waals surface area contributed by atoms with Crippen LogP contribution in [0.5, 0.6) is 0 Å². The number of thioether (sulfide) groups is 2. The first kappa shape index (κ1) is 16.8. The minimum absolute atomic E-state index is 0.109. The Labute approximate surface area is 138 Å². The number of hydrogen-bond acceptors (Lipinski definition) is 6. The highest BCUT2D eigenvalue weighted by molar-refractivity contribution is 8.03. The molecule has 0 saturated heterocycles. The van der Waals surface area contributed by atoms with Crippen molar-refractivity contribution in [1.82, 2.24) is 15.5 Å². The molecular weight excluding hydrogens is 322 g/mol. The average molecular weight is 344 g/mol. The smallest absolute Gasteiger partial charge is 0.230 e. The molecule has 1 aliphatic rings. The summed E-state index contributed by atoms with van der Waals surface area (Å²) in [5, 5.41) is 11.3. The molecule has 0 unspecified atom stereocenters. The van der Waals surface area contributed by atoms with Gasteiger partial charge in [-0.3, -0.25) is 4.79 Å². The van der Waals surface area contributed by atoms with E-state index in [0.717, 1.165) is 32.8 Å². The van der Waals surface area contributed by atoms with Crippen molar-refractivity contribution in [2.45, 2.75) is 53.7 Å². The molecule has 116 valence electrons. The zero-order chi connectivity index (χ0) is 15.1. The highest BCUT2D eigenvalue weighted by Gasteiger charge is 2.16. The van der Waals surface area contributed by atoms with Crippen LogP contribution in [-0.2, 0) is 4.79 Å². The number of aromatic nitrogens is 2. The van der Waals surface area contributed by atoms with E-state index >= 15 is 0 Å². The van der Waals surface area contributed by atoms with Gasteiger partial charge < -0.3 is 5.32 Å². The molecule has 1 aliphatic carbocycles. The highest BCUT2D eigenvalue weighted by Crippen LogP contribution is 2.29. The fourth-order valence-corrected chi connectivity index (χ4v) is 4.82. The van der Waals surface area contributed by atoms with Crippen LogP contribution in [0.25, 0.3) is 0 Å². The molecule has 1 fully saturated rings. The molecule has 2 rings (SSSR count). The standard InChI is InChI=1S/C14H21N3OS3/c1-10(2)8-19-13-16-17-14(21-13)20-9-12(18)15-11-6-4-3-5-7-11/h11H,1,3-9H2,2H3,(H,15,18). The van der Waals surface area contributed by atoms with E-state index in [-0.39, 0.29) is 5.91 Å². The van der Waals surface area contributed by atoms with Crippen LogP contribution in [0, 0.1) is 0 Å². The first-order valence-corrected chi connectivity index (χ1v) is 9.95. The van der Waals surface area contributed by atoms with Crippen LogP contribution in [0.15, 0.2) is 20.8 Å². The second kappa shape index (κ2) is 8.80. The largest absolute Gasteiger partial charge is 0.353 e. The van der Waals surface area contributed by atoms with Gasteiger partial charge in [0.25, 0.3) is 0 Å². The number of carbonyl (C=O) groups excluding carboxylic acids is 1. The Morgan fingerprint density at radius 1 is 1.24 bits per heavy atom. The van der Waals surface area contributed by atoms with Gasteiger partial charge in [-0.15, -0.1) is 10.2 Å². The normalized spacial score (nSPS) is 15.9. The molecule has 1 aromatic rings. The SMILES string of the molecule is C=C(C)CSc1nnc(SCC(=O)NC2CCCCC2)s1. The van der Waals surface area contributed by atoms with Gasteiger partial charge in [-0.2, -0.15) is 0 Å². The molecule has 4 nitrogen and oxygen atoms in total. The Kier molecular flexibility index (Phi) is 7.06. The zero-order valence-corrected chi connectivity index (χ0v) is 14.7. The number of carbonyl (C=O) groups is 1. The maximum Gasteiger partial charge on any atom is 0.230 e. The van der Waals surface area contributed by atoms with Crippen molar-refractivity contribution in [1.29, 1.82) is 0 Å². The first-order chi connectivity index (χ1) is 10.1. The summed E-state index contributed by atoms with van der Waals surface area (Å²) in [6.07, 6.45) is 6.01.